The number of β-amino-alcohol motifs (C(OH)–C–C–N with tert-alkyl or cyclic N) is 1. The highest BCUT2D eigenvalue weighted by Crippen LogP contribution is 2.34. The lowest BCUT2D eigenvalue weighted by molar-refractivity contribution is -0.114. The molecule has 2 amide bonds. The molecular weight excluding hydrogens is 456 g/mol. The molecule has 0 unspecified atom stereocenters. The van der Waals surface area contributed by atoms with Crippen molar-refractivity contribution in [3.8, 4) is 0 Å². The van der Waals surface area contributed by atoms with Crippen LogP contribution in [0.1, 0.15) is 53.8 Å². The van der Waals surface area contributed by atoms with E-state index in [1.54, 1.807) is 22.7 Å². The Kier molecular flexibility index (Phi) is 5.91. The van der Waals surface area contributed by atoms with E-state index in [9.17, 15) is 14.7 Å². The number of aliphatic hydroxyl groups is 1. The summed E-state index contributed by atoms with van der Waals surface area (Å²) in [5, 5.41) is 17.6. The smallest absolute Gasteiger partial charge is 0.256 e. The van der Waals surface area contributed by atoms with E-state index in [2.05, 4.69) is 5.32 Å². The SMILES string of the molecule is CC(=O)Nc1ccc(Cl)cc1C(=O)N1CCCC[C@H]1c1cc2nc(N3CC(O)C3)c(C)cn2n1. The monoisotopic (exact) mass is 482 g/mol. The molecule has 2 aliphatic heterocycles. The first kappa shape index (κ1) is 22.6. The van der Waals surface area contributed by atoms with Crippen molar-refractivity contribution in [1.29, 1.82) is 0 Å². The molecule has 2 aliphatic rings. The summed E-state index contributed by atoms with van der Waals surface area (Å²) in [6, 6.07) is 6.64. The van der Waals surface area contributed by atoms with Crippen LogP contribution in [-0.2, 0) is 4.79 Å². The standard InChI is InChI=1S/C24H27ClN6O3/c1-14-11-31-22(27-23(14)29-12-17(33)13-29)10-20(28-31)21-5-3-4-8-30(21)24(34)18-9-16(25)6-7-19(18)26-15(2)32/h6-7,9-11,17,21,33H,3-5,8,12-13H2,1-2H3,(H,26,32)/t21-/m0/s1. The molecule has 0 spiro atoms. The first-order chi connectivity index (χ1) is 16.3. The lowest BCUT2D eigenvalue weighted by atomic mass is 9.98. The van der Waals surface area contributed by atoms with Crippen molar-refractivity contribution in [1.82, 2.24) is 19.5 Å². The van der Waals surface area contributed by atoms with Crippen molar-refractivity contribution in [3.05, 3.63) is 52.3 Å². The first-order valence-electron chi connectivity index (χ1n) is 11.5. The number of aromatic nitrogens is 3. The average Bonchev–Trinajstić information content (AvgIpc) is 3.19. The molecule has 5 rings (SSSR count). The summed E-state index contributed by atoms with van der Waals surface area (Å²) >= 11 is 6.20. The van der Waals surface area contributed by atoms with Gasteiger partial charge in [0, 0.05) is 49.4 Å². The molecule has 0 saturated carbocycles. The number of hydrogen-bond donors (Lipinski definition) is 2. The number of aryl methyl sites for hydroxylation is 1. The van der Waals surface area contributed by atoms with Crippen molar-refractivity contribution in [2.75, 3.05) is 29.9 Å². The van der Waals surface area contributed by atoms with Crippen LogP contribution in [0.15, 0.2) is 30.5 Å². The number of anilines is 2. The Bertz CT molecular complexity index is 1270. The molecule has 34 heavy (non-hydrogen) atoms. The summed E-state index contributed by atoms with van der Waals surface area (Å²) in [6.45, 7) is 5.13. The Labute approximate surface area is 202 Å². The van der Waals surface area contributed by atoms with E-state index in [4.69, 9.17) is 21.7 Å². The third kappa shape index (κ3) is 4.21. The van der Waals surface area contributed by atoms with E-state index in [1.807, 2.05) is 29.0 Å². The fourth-order valence-electron chi connectivity index (χ4n) is 4.76. The second-order valence-electron chi connectivity index (χ2n) is 9.06. The maximum absolute atomic E-state index is 13.7. The number of carbonyl (C=O) groups is 2. The predicted molar refractivity (Wildman–Crippen MR) is 129 cm³/mol. The molecule has 0 aliphatic carbocycles. The fourth-order valence-corrected chi connectivity index (χ4v) is 4.93. The van der Waals surface area contributed by atoms with Gasteiger partial charge in [0.1, 0.15) is 5.82 Å². The Morgan fingerprint density at radius 3 is 2.74 bits per heavy atom. The normalized spacial score (nSPS) is 18.8. The number of piperidine rings is 1. The Balaban J connectivity index is 1.48. The summed E-state index contributed by atoms with van der Waals surface area (Å²) in [4.78, 5) is 34.0. The molecule has 2 N–H and O–H groups in total. The number of likely N-dealkylation sites (tertiary alicyclic amines) is 1. The largest absolute Gasteiger partial charge is 0.389 e. The lowest BCUT2D eigenvalue weighted by Gasteiger charge is -2.37. The van der Waals surface area contributed by atoms with Crippen LogP contribution in [0, 0.1) is 6.92 Å². The lowest BCUT2D eigenvalue weighted by Crippen LogP contribution is -2.51. The maximum Gasteiger partial charge on any atom is 0.256 e. The van der Waals surface area contributed by atoms with Crippen LogP contribution < -0.4 is 10.2 Å². The topological polar surface area (TPSA) is 103 Å². The van der Waals surface area contributed by atoms with Gasteiger partial charge in [-0.1, -0.05) is 11.6 Å². The van der Waals surface area contributed by atoms with Gasteiger partial charge in [-0.3, -0.25) is 9.59 Å². The van der Waals surface area contributed by atoms with E-state index in [0.29, 0.717) is 41.6 Å². The minimum absolute atomic E-state index is 0.188. The number of aliphatic hydroxyl groups excluding tert-OH is 1. The van der Waals surface area contributed by atoms with Crippen LogP contribution in [0.2, 0.25) is 5.02 Å². The van der Waals surface area contributed by atoms with Gasteiger partial charge >= 0.3 is 0 Å². The van der Waals surface area contributed by atoms with Gasteiger partial charge in [0.25, 0.3) is 5.91 Å². The average molecular weight is 483 g/mol. The molecule has 4 heterocycles. The number of carbonyl (C=O) groups excluding carboxylic acids is 2. The number of nitrogens with zero attached hydrogens (tertiary/aromatic N) is 5. The minimum Gasteiger partial charge on any atom is -0.389 e. The summed E-state index contributed by atoms with van der Waals surface area (Å²) < 4.78 is 1.75. The van der Waals surface area contributed by atoms with Gasteiger partial charge in [0.05, 0.1) is 29.1 Å². The molecule has 2 fully saturated rings. The van der Waals surface area contributed by atoms with Crippen molar-refractivity contribution in [2.24, 2.45) is 0 Å². The van der Waals surface area contributed by atoms with Gasteiger partial charge in [0.15, 0.2) is 5.65 Å². The fraction of sp³-hybridized carbons (Fsp3) is 0.417. The zero-order valence-corrected chi connectivity index (χ0v) is 19.9. The number of fused-ring (bicyclic) bond motifs is 1. The number of rotatable bonds is 4. The van der Waals surface area contributed by atoms with Gasteiger partial charge in [0.2, 0.25) is 5.91 Å². The van der Waals surface area contributed by atoms with E-state index in [1.165, 1.54) is 6.92 Å². The summed E-state index contributed by atoms with van der Waals surface area (Å²) in [5.41, 5.74) is 3.27. The van der Waals surface area contributed by atoms with Crippen LogP contribution >= 0.6 is 11.6 Å². The Hall–Kier alpha value is -3.17. The molecule has 1 aromatic carbocycles. The van der Waals surface area contributed by atoms with Crippen molar-refractivity contribution >= 4 is 40.6 Å². The molecule has 178 valence electrons. The summed E-state index contributed by atoms with van der Waals surface area (Å²) in [5.74, 6) is 0.408. The van der Waals surface area contributed by atoms with Crippen LogP contribution in [0.4, 0.5) is 11.5 Å². The molecule has 2 aromatic heterocycles. The van der Waals surface area contributed by atoms with E-state index in [0.717, 1.165) is 36.3 Å². The van der Waals surface area contributed by atoms with E-state index in [-0.39, 0.29) is 24.0 Å². The highest BCUT2D eigenvalue weighted by molar-refractivity contribution is 6.31. The van der Waals surface area contributed by atoms with Gasteiger partial charge in [-0.05, 0) is 44.4 Å². The molecule has 9 nitrogen and oxygen atoms in total. The highest BCUT2D eigenvalue weighted by atomic mass is 35.5. The number of halogens is 1. The highest BCUT2D eigenvalue weighted by Gasteiger charge is 2.33. The first-order valence-corrected chi connectivity index (χ1v) is 11.9. The van der Waals surface area contributed by atoms with E-state index >= 15 is 0 Å². The number of amides is 2. The van der Waals surface area contributed by atoms with Crippen LogP contribution in [-0.4, -0.2) is 62.2 Å². The zero-order valence-electron chi connectivity index (χ0n) is 19.2. The summed E-state index contributed by atoms with van der Waals surface area (Å²) in [7, 11) is 0. The molecule has 1 atom stereocenters. The maximum atomic E-state index is 13.7. The van der Waals surface area contributed by atoms with Gasteiger partial charge in [-0.25, -0.2) is 9.50 Å². The van der Waals surface area contributed by atoms with Crippen LogP contribution in [0.3, 0.4) is 0 Å². The van der Waals surface area contributed by atoms with Crippen LogP contribution in [0.5, 0.6) is 0 Å². The predicted octanol–water partition coefficient (Wildman–Crippen LogP) is 3.20. The number of benzene rings is 1. The van der Waals surface area contributed by atoms with Crippen LogP contribution in [0.25, 0.3) is 5.65 Å². The van der Waals surface area contributed by atoms with Crippen molar-refractivity contribution < 1.29 is 14.7 Å². The molecule has 10 heteroatoms. The number of hydrogen-bond acceptors (Lipinski definition) is 6. The zero-order chi connectivity index (χ0) is 24.0. The third-order valence-corrected chi connectivity index (χ3v) is 6.65. The van der Waals surface area contributed by atoms with Gasteiger partial charge in [-0.2, -0.15) is 5.10 Å². The quantitative estimate of drug-likeness (QED) is 0.592. The van der Waals surface area contributed by atoms with Gasteiger partial charge < -0.3 is 20.2 Å². The summed E-state index contributed by atoms with van der Waals surface area (Å²) in [6.07, 6.45) is 4.29. The molecule has 2 saturated heterocycles. The van der Waals surface area contributed by atoms with Gasteiger partial charge in [-0.15, -0.1) is 0 Å². The number of nitrogens with one attached hydrogen (secondary N) is 1. The molecule has 3 aromatic rings. The molecule has 0 bridgehead atoms. The molecule has 0 radical (unpaired) electrons. The van der Waals surface area contributed by atoms with E-state index < -0.39 is 0 Å². The molecular formula is C24H27ClN6O3. The second-order valence-corrected chi connectivity index (χ2v) is 9.50. The van der Waals surface area contributed by atoms with Crippen molar-refractivity contribution in [3.63, 3.8) is 0 Å². The minimum atomic E-state index is -0.311. The Morgan fingerprint density at radius 2 is 2.00 bits per heavy atom. The Morgan fingerprint density at radius 1 is 1.21 bits per heavy atom. The van der Waals surface area contributed by atoms with Crippen molar-refractivity contribution in [2.45, 2.75) is 45.3 Å². The second kappa shape index (κ2) is 8.88. The third-order valence-electron chi connectivity index (χ3n) is 6.41.